The van der Waals surface area contributed by atoms with Gasteiger partial charge in [-0.05, 0) is 48.0 Å². The topological polar surface area (TPSA) is 61.6 Å². The van der Waals surface area contributed by atoms with E-state index >= 15 is 0 Å². The van der Waals surface area contributed by atoms with Crippen LogP contribution in [0.4, 0.5) is 13.2 Å². The van der Waals surface area contributed by atoms with Gasteiger partial charge in [0.1, 0.15) is 17.2 Å². The summed E-state index contributed by atoms with van der Waals surface area (Å²) < 4.78 is 53.1. The van der Waals surface area contributed by atoms with Gasteiger partial charge in [-0.1, -0.05) is 34.7 Å². The van der Waals surface area contributed by atoms with Gasteiger partial charge in [0.25, 0.3) is 5.24 Å². The van der Waals surface area contributed by atoms with Crippen LogP contribution in [0, 0.1) is 0 Å². The van der Waals surface area contributed by atoms with Crippen LogP contribution in [-0.4, -0.2) is 24.4 Å². The van der Waals surface area contributed by atoms with E-state index in [2.05, 4.69) is 4.98 Å². The third kappa shape index (κ3) is 6.36. The summed E-state index contributed by atoms with van der Waals surface area (Å²) in [6.07, 6.45) is -4.54. The van der Waals surface area contributed by atoms with E-state index in [4.69, 9.17) is 25.5 Å². The van der Waals surface area contributed by atoms with Crippen molar-refractivity contribution >= 4 is 39.4 Å². The first-order valence-electron chi connectivity index (χ1n) is 8.30. The number of hydrogen-bond acceptors (Lipinski definition) is 5. The molecule has 2 aromatic carbocycles. The number of oxazole rings is 1. The van der Waals surface area contributed by atoms with Gasteiger partial charge < -0.3 is 13.9 Å². The molecule has 1 aromatic heterocycles. The first-order chi connectivity index (χ1) is 14.2. The van der Waals surface area contributed by atoms with Crippen molar-refractivity contribution in [2.24, 2.45) is 0 Å². The predicted molar refractivity (Wildman–Crippen MR) is 114 cm³/mol. The summed E-state index contributed by atoms with van der Waals surface area (Å²) in [7, 11) is 3.02. The highest BCUT2D eigenvalue weighted by Gasteiger charge is 2.39. The third-order valence-electron chi connectivity index (χ3n) is 3.69. The molecule has 1 heterocycles. The van der Waals surface area contributed by atoms with Crippen LogP contribution in [0.25, 0.3) is 11.5 Å². The smallest absolute Gasteiger partial charge is 0.451 e. The fourth-order valence-electron chi connectivity index (χ4n) is 2.29. The number of benzene rings is 2. The Morgan fingerprint density at radius 3 is 2.20 bits per heavy atom. The first kappa shape index (κ1) is 24.0. The average molecular weight is 554 g/mol. The van der Waals surface area contributed by atoms with Crippen LogP contribution in [0.2, 0.25) is 0 Å². The maximum Gasteiger partial charge on any atom is 0.451 e. The van der Waals surface area contributed by atoms with E-state index in [-0.39, 0.29) is 16.0 Å². The van der Waals surface area contributed by atoms with Crippen LogP contribution in [0.5, 0.6) is 11.5 Å². The Bertz CT molecular complexity index is 1010. The Labute approximate surface area is 189 Å². The zero-order valence-corrected chi connectivity index (χ0v) is 18.7. The molecule has 0 spiro atoms. The zero-order chi connectivity index (χ0) is 22.3. The van der Waals surface area contributed by atoms with Crippen molar-refractivity contribution in [1.82, 2.24) is 4.98 Å². The summed E-state index contributed by atoms with van der Waals surface area (Å²) in [5, 5.41) is -0.469. The summed E-state index contributed by atoms with van der Waals surface area (Å²) in [4.78, 5) is 14.5. The Balaban J connectivity index is 0.000000248. The molecule has 10 heteroatoms. The molecule has 3 rings (SSSR count). The molecule has 0 amide bonds. The lowest BCUT2D eigenvalue weighted by atomic mass is 10.2. The minimum atomic E-state index is -4.54. The van der Waals surface area contributed by atoms with Crippen molar-refractivity contribution < 1.29 is 31.9 Å². The molecule has 0 aliphatic carbocycles. The number of halogens is 5. The SMILES string of the molecule is COc1cccc(-c2nc(CI)c(C(F)(F)F)o2)c1.COc1cccc(C(=O)Cl)c1. The molecule has 0 fully saturated rings. The first-order valence-corrected chi connectivity index (χ1v) is 10.2. The molecule has 3 aromatic rings. The van der Waals surface area contributed by atoms with E-state index in [1.54, 1.807) is 48.5 Å². The normalized spacial score (nSPS) is 10.8. The van der Waals surface area contributed by atoms with Crippen LogP contribution >= 0.6 is 34.2 Å². The maximum atomic E-state index is 12.7. The van der Waals surface area contributed by atoms with Gasteiger partial charge in [-0.15, -0.1) is 0 Å². The summed E-state index contributed by atoms with van der Waals surface area (Å²) in [5.74, 6) is 0.0643. The summed E-state index contributed by atoms with van der Waals surface area (Å²) in [6, 6.07) is 13.2. The molecule has 0 aliphatic heterocycles. The molecule has 0 saturated heterocycles. The highest BCUT2D eigenvalue weighted by atomic mass is 127. The molecule has 0 unspecified atom stereocenters. The van der Waals surface area contributed by atoms with Gasteiger partial charge in [0.05, 0.1) is 14.2 Å². The quantitative estimate of drug-likeness (QED) is 0.209. The molecular weight excluding hydrogens is 538 g/mol. The molecule has 0 N–H and O–H groups in total. The largest absolute Gasteiger partial charge is 0.497 e. The van der Waals surface area contributed by atoms with E-state index in [1.165, 1.54) is 14.2 Å². The summed E-state index contributed by atoms with van der Waals surface area (Å²) in [6.45, 7) is 0. The Kier molecular flexibility index (Phi) is 8.54. The lowest BCUT2D eigenvalue weighted by molar-refractivity contribution is -0.153. The minimum Gasteiger partial charge on any atom is -0.497 e. The van der Waals surface area contributed by atoms with E-state index in [0.717, 1.165) is 0 Å². The highest BCUT2D eigenvalue weighted by molar-refractivity contribution is 14.1. The fraction of sp³-hybridized carbons (Fsp3) is 0.200. The summed E-state index contributed by atoms with van der Waals surface area (Å²) in [5.41, 5.74) is 0.790. The van der Waals surface area contributed by atoms with Gasteiger partial charge in [0.2, 0.25) is 11.7 Å². The number of aromatic nitrogens is 1. The van der Waals surface area contributed by atoms with Gasteiger partial charge in [0.15, 0.2) is 0 Å². The van der Waals surface area contributed by atoms with Crippen molar-refractivity contribution in [3.05, 3.63) is 65.5 Å². The standard InChI is InChI=1S/C12H9F3INO2.C8H7ClO2/c1-18-8-4-2-3-7(5-8)11-17-9(6-16)10(19-11)12(13,14)15;1-11-7-4-2-3-6(5-7)8(9)10/h2-5H,6H2,1H3;2-5H,1H3. The van der Waals surface area contributed by atoms with Gasteiger partial charge in [0, 0.05) is 15.6 Å². The number of carbonyl (C=O) groups is 1. The number of rotatable bonds is 5. The Hall–Kier alpha value is -2.27. The van der Waals surface area contributed by atoms with Crippen molar-refractivity contribution in [3.8, 4) is 23.0 Å². The molecule has 5 nitrogen and oxygen atoms in total. The minimum absolute atomic E-state index is 0.0575. The molecule has 0 aliphatic rings. The van der Waals surface area contributed by atoms with Crippen molar-refractivity contribution in [1.29, 1.82) is 0 Å². The molecule has 160 valence electrons. The van der Waals surface area contributed by atoms with Crippen molar-refractivity contribution in [2.45, 2.75) is 10.6 Å². The summed E-state index contributed by atoms with van der Waals surface area (Å²) >= 11 is 7.06. The molecule has 0 atom stereocenters. The van der Waals surface area contributed by atoms with Crippen LogP contribution in [0.1, 0.15) is 21.8 Å². The zero-order valence-electron chi connectivity index (χ0n) is 15.8. The number of hydrogen-bond donors (Lipinski definition) is 0. The molecule has 0 bridgehead atoms. The Morgan fingerprint density at radius 2 is 1.70 bits per heavy atom. The van der Waals surface area contributed by atoms with Gasteiger partial charge >= 0.3 is 6.18 Å². The van der Waals surface area contributed by atoms with E-state index in [1.807, 2.05) is 22.6 Å². The number of alkyl halides is 4. The second-order valence-corrected chi connectivity index (χ2v) is 6.77. The van der Waals surface area contributed by atoms with Crippen LogP contribution in [0.15, 0.2) is 52.9 Å². The highest BCUT2D eigenvalue weighted by Crippen LogP contribution is 2.36. The molecule has 0 saturated carbocycles. The number of carbonyl (C=O) groups excluding carboxylic acids is 1. The van der Waals surface area contributed by atoms with Crippen LogP contribution < -0.4 is 9.47 Å². The fourth-order valence-corrected chi connectivity index (χ4v) is 2.92. The lowest BCUT2D eigenvalue weighted by Gasteiger charge is -2.02. The maximum absolute atomic E-state index is 12.7. The lowest BCUT2D eigenvalue weighted by Crippen LogP contribution is -2.05. The number of ether oxygens (including phenoxy) is 2. The Morgan fingerprint density at radius 1 is 1.10 bits per heavy atom. The number of methoxy groups -OCH3 is 2. The molecular formula is C20H16ClF3INO4. The monoisotopic (exact) mass is 553 g/mol. The number of nitrogens with zero attached hydrogens (tertiary/aromatic N) is 1. The van der Waals surface area contributed by atoms with Gasteiger partial charge in [-0.3, -0.25) is 4.79 Å². The van der Waals surface area contributed by atoms with E-state index in [0.29, 0.717) is 22.6 Å². The van der Waals surface area contributed by atoms with Crippen molar-refractivity contribution in [2.75, 3.05) is 14.2 Å². The van der Waals surface area contributed by atoms with Crippen molar-refractivity contribution in [3.63, 3.8) is 0 Å². The van der Waals surface area contributed by atoms with Crippen LogP contribution in [0.3, 0.4) is 0 Å². The second kappa shape index (κ2) is 10.7. The van der Waals surface area contributed by atoms with Gasteiger partial charge in [-0.2, -0.15) is 13.2 Å². The van der Waals surface area contributed by atoms with E-state index in [9.17, 15) is 18.0 Å². The van der Waals surface area contributed by atoms with E-state index < -0.39 is 17.2 Å². The van der Waals surface area contributed by atoms with Gasteiger partial charge in [-0.25, -0.2) is 4.98 Å². The second-order valence-electron chi connectivity index (χ2n) is 5.66. The third-order valence-corrected chi connectivity index (χ3v) is 4.64. The molecule has 0 radical (unpaired) electrons. The average Bonchev–Trinajstić information content (AvgIpc) is 3.19. The molecule has 30 heavy (non-hydrogen) atoms. The van der Waals surface area contributed by atoms with Crippen LogP contribution in [-0.2, 0) is 10.6 Å². The predicted octanol–water partition coefficient (Wildman–Crippen LogP) is 6.38.